The summed E-state index contributed by atoms with van der Waals surface area (Å²) in [7, 11) is -3.86. The smallest absolute Gasteiger partial charge is 0.331 e. The van der Waals surface area contributed by atoms with Crippen molar-refractivity contribution in [2.75, 3.05) is 13.2 Å². The topological polar surface area (TPSA) is 82.3 Å². The molecule has 1 rings (SSSR count). The molecule has 0 spiro atoms. The highest BCUT2D eigenvalue weighted by Crippen LogP contribution is 2.50. The van der Waals surface area contributed by atoms with E-state index in [9.17, 15) is 0 Å². The molecule has 1 aliphatic rings. The van der Waals surface area contributed by atoms with Crippen LogP contribution < -0.4 is 0 Å². The van der Waals surface area contributed by atoms with Gasteiger partial charge in [-0.25, -0.2) is 0 Å². The fourth-order valence-electron chi connectivity index (χ4n) is 0.623. The maximum Gasteiger partial charge on any atom is 0.440 e. The normalized spacial score (nSPS) is 26.9. The molecule has 0 saturated heterocycles. The number of hydrogen-bond donors (Lipinski definition) is 3. The van der Waals surface area contributed by atoms with Gasteiger partial charge in [-0.2, -0.15) is 14.7 Å². The van der Waals surface area contributed by atoms with E-state index in [-0.39, 0.29) is 0 Å². The first-order valence-corrected chi connectivity index (χ1v) is 4.51. The van der Waals surface area contributed by atoms with Crippen molar-refractivity contribution >= 4 is 14.2 Å². The molecule has 1 unspecified atom stereocenters. The maximum absolute atomic E-state index is 8.65. The molecule has 0 bridgehead atoms. The van der Waals surface area contributed by atoms with E-state index in [1.54, 1.807) is 0 Å². The molecule has 10 heavy (non-hydrogen) atoms. The Morgan fingerprint density at radius 2 is 2.20 bits per heavy atom. The Morgan fingerprint density at radius 3 is 2.50 bits per heavy atom. The first-order valence-electron chi connectivity index (χ1n) is 2.79. The predicted molar refractivity (Wildman–Crippen MR) is 36.7 cm³/mol. The predicted octanol–water partition coefficient (Wildman–Crippen LogP) is -0.847. The molecule has 0 aliphatic carbocycles. The molecule has 6 heteroatoms. The van der Waals surface area contributed by atoms with Gasteiger partial charge in [-0.05, 0) is 0 Å². The molecule has 0 radical (unpaired) electrons. The van der Waals surface area contributed by atoms with Crippen LogP contribution in [0.25, 0.3) is 0 Å². The van der Waals surface area contributed by atoms with Gasteiger partial charge < -0.3 is 4.74 Å². The largest absolute Gasteiger partial charge is 0.440 e. The van der Waals surface area contributed by atoms with E-state index >= 15 is 0 Å². The van der Waals surface area contributed by atoms with Crippen molar-refractivity contribution in [3.8, 4) is 0 Å². The van der Waals surface area contributed by atoms with E-state index in [1.807, 2.05) is 0 Å². The average molecular weight is 166 g/mol. The number of aliphatic imine (C=N–C) groups is 1. The van der Waals surface area contributed by atoms with Gasteiger partial charge in [0.15, 0.2) is 0 Å². The summed E-state index contributed by atoms with van der Waals surface area (Å²) in [5.74, 6) is -1.01. The van der Waals surface area contributed by atoms with Crippen LogP contribution in [0.3, 0.4) is 0 Å². The van der Waals surface area contributed by atoms with E-state index in [4.69, 9.17) is 19.4 Å². The summed E-state index contributed by atoms with van der Waals surface area (Å²) in [6.07, 6.45) is 1.22. The second-order valence-electron chi connectivity index (χ2n) is 1.93. The second kappa shape index (κ2) is 2.90. The molecule has 0 aromatic rings. The Bertz CT molecular complexity index is 143. The minimum atomic E-state index is -3.86. The Labute approximate surface area is 58.6 Å². The molecule has 0 aromatic heterocycles. The summed E-state index contributed by atoms with van der Waals surface area (Å²) < 4.78 is 4.79. The first kappa shape index (κ1) is 8.04. The highest BCUT2D eigenvalue weighted by atomic mass is 31.2. The molecule has 1 aliphatic heterocycles. The van der Waals surface area contributed by atoms with Crippen LogP contribution >= 0.6 is 7.94 Å². The molecule has 0 fully saturated rings. The Balaban J connectivity index is 2.55. The lowest BCUT2D eigenvalue weighted by Gasteiger charge is -2.15. The molecule has 58 valence electrons. The molecule has 5 nitrogen and oxygen atoms in total. The van der Waals surface area contributed by atoms with Gasteiger partial charge in [0.25, 0.3) is 5.85 Å². The van der Waals surface area contributed by atoms with Crippen molar-refractivity contribution in [2.45, 2.75) is 5.85 Å². The fraction of sp³-hybridized carbons (Fsp3) is 0.750. The van der Waals surface area contributed by atoms with Crippen LogP contribution in [0.1, 0.15) is 0 Å². The number of nitrogens with zero attached hydrogens (tertiary/aromatic N) is 1. The molecular formula is C4H9NO4P+. The van der Waals surface area contributed by atoms with Crippen molar-refractivity contribution in [1.29, 1.82) is 0 Å². The third kappa shape index (κ3) is 1.97. The van der Waals surface area contributed by atoms with Crippen LogP contribution in [0.4, 0.5) is 0 Å². The molecule has 0 aromatic carbocycles. The zero-order valence-corrected chi connectivity index (χ0v) is 6.11. The summed E-state index contributed by atoms with van der Waals surface area (Å²) in [5.41, 5.74) is 0. The summed E-state index contributed by atoms with van der Waals surface area (Å²) >= 11 is 0. The first-order chi connectivity index (χ1) is 4.61. The summed E-state index contributed by atoms with van der Waals surface area (Å²) in [4.78, 5) is 29.7. The third-order valence-electron chi connectivity index (χ3n) is 1.08. The highest BCUT2D eigenvalue weighted by Gasteiger charge is 2.43. The lowest BCUT2D eigenvalue weighted by molar-refractivity contribution is 0.116. The van der Waals surface area contributed by atoms with E-state index in [2.05, 4.69) is 4.99 Å². The van der Waals surface area contributed by atoms with E-state index < -0.39 is 13.8 Å². The summed E-state index contributed by atoms with van der Waals surface area (Å²) in [6.45, 7) is 0.834. The average Bonchev–Trinajstić information content (AvgIpc) is 1.88. The number of ether oxygens (including phenoxy) is 1. The minimum absolute atomic E-state index is 0.324. The van der Waals surface area contributed by atoms with Gasteiger partial charge in [-0.1, -0.05) is 0 Å². The van der Waals surface area contributed by atoms with Crippen molar-refractivity contribution < 1.29 is 19.4 Å². The zero-order valence-electron chi connectivity index (χ0n) is 5.21. The Hall–Kier alpha value is -0.0600. The zero-order chi connectivity index (χ0) is 7.61. The number of rotatable bonds is 1. The molecule has 3 N–H and O–H groups in total. The summed E-state index contributed by atoms with van der Waals surface area (Å²) in [5, 5.41) is 0. The highest BCUT2D eigenvalue weighted by molar-refractivity contribution is 7.60. The van der Waals surface area contributed by atoms with Gasteiger partial charge in [-0.15, -0.1) is 0 Å². The minimum Gasteiger partial charge on any atom is -0.331 e. The van der Waals surface area contributed by atoms with Gasteiger partial charge in [0, 0.05) is 0 Å². The van der Waals surface area contributed by atoms with Gasteiger partial charge in [0.1, 0.15) is 0 Å². The standard InChI is InChI=1S/C4H9NO4P/c6-10(7,8)4-3-5-1-2-9-4/h3-4,6-8H,1-2H2/q+1. The molecule has 0 saturated carbocycles. The van der Waals surface area contributed by atoms with Crippen molar-refractivity contribution in [3.63, 3.8) is 0 Å². The van der Waals surface area contributed by atoms with Gasteiger partial charge in [-0.3, -0.25) is 4.99 Å². The van der Waals surface area contributed by atoms with Gasteiger partial charge >= 0.3 is 7.94 Å². The molecule has 1 heterocycles. The van der Waals surface area contributed by atoms with E-state index in [1.165, 1.54) is 6.21 Å². The summed E-state index contributed by atoms with van der Waals surface area (Å²) in [6, 6.07) is 0. The van der Waals surface area contributed by atoms with Gasteiger partial charge in [0.05, 0.1) is 19.4 Å². The van der Waals surface area contributed by atoms with E-state index in [0.29, 0.717) is 13.2 Å². The van der Waals surface area contributed by atoms with Crippen molar-refractivity contribution in [1.82, 2.24) is 0 Å². The fourth-order valence-corrected chi connectivity index (χ4v) is 1.20. The van der Waals surface area contributed by atoms with E-state index in [0.717, 1.165) is 0 Å². The third-order valence-corrected chi connectivity index (χ3v) is 2.05. The lowest BCUT2D eigenvalue weighted by atomic mass is 10.6. The molecule has 0 amide bonds. The Morgan fingerprint density at radius 1 is 1.50 bits per heavy atom. The number of hydrogen-bond acceptors (Lipinski definition) is 5. The molecule has 1 atom stereocenters. The lowest BCUT2D eigenvalue weighted by Crippen LogP contribution is -2.24. The van der Waals surface area contributed by atoms with Crippen LogP contribution in [0.5, 0.6) is 0 Å². The maximum atomic E-state index is 8.65. The van der Waals surface area contributed by atoms with Crippen LogP contribution in [-0.2, 0) is 4.74 Å². The van der Waals surface area contributed by atoms with Gasteiger partial charge in [0.2, 0.25) is 0 Å². The quantitative estimate of drug-likeness (QED) is 0.443. The molecular weight excluding hydrogens is 157 g/mol. The van der Waals surface area contributed by atoms with Crippen LogP contribution in [0.2, 0.25) is 0 Å². The van der Waals surface area contributed by atoms with Crippen molar-refractivity contribution in [2.24, 2.45) is 4.99 Å². The van der Waals surface area contributed by atoms with Crippen LogP contribution in [0.15, 0.2) is 4.99 Å². The second-order valence-corrected chi connectivity index (χ2v) is 3.67. The monoisotopic (exact) mass is 166 g/mol. The SMILES string of the molecule is O[P+](O)(O)C1C=NCCO1. The van der Waals surface area contributed by atoms with Crippen molar-refractivity contribution in [3.05, 3.63) is 0 Å². The van der Waals surface area contributed by atoms with Crippen LogP contribution in [-0.4, -0.2) is 39.9 Å². The van der Waals surface area contributed by atoms with Crippen LogP contribution in [0, 0.1) is 0 Å². The Kier molecular flexibility index (Phi) is 2.33.